The first-order chi connectivity index (χ1) is 9.17. The van der Waals surface area contributed by atoms with E-state index in [1.807, 2.05) is 50.3 Å². The van der Waals surface area contributed by atoms with Gasteiger partial charge in [-0.25, -0.2) is 0 Å². The first kappa shape index (κ1) is 14.7. The number of allylic oxidation sites excluding steroid dienone is 6. The van der Waals surface area contributed by atoms with E-state index in [4.69, 9.17) is 0 Å². The molecule has 1 rings (SSSR count). The van der Waals surface area contributed by atoms with E-state index in [9.17, 15) is 4.79 Å². The van der Waals surface area contributed by atoms with Crippen LogP contribution in [0.25, 0.3) is 0 Å². The Morgan fingerprint density at radius 1 is 1.37 bits per heavy atom. The Labute approximate surface area is 114 Å². The molecule has 0 radical (unpaired) electrons. The Morgan fingerprint density at radius 3 is 2.79 bits per heavy atom. The van der Waals surface area contributed by atoms with Gasteiger partial charge in [-0.1, -0.05) is 43.0 Å². The summed E-state index contributed by atoms with van der Waals surface area (Å²) in [5.41, 5.74) is 2.70. The van der Waals surface area contributed by atoms with Crippen LogP contribution < -0.4 is 5.32 Å². The van der Waals surface area contributed by atoms with Crippen LogP contribution in [0, 0.1) is 6.92 Å². The Kier molecular flexibility index (Phi) is 6.10. The lowest BCUT2D eigenvalue weighted by Gasteiger charge is -2.01. The first-order valence-electron chi connectivity index (χ1n) is 6.17. The Morgan fingerprint density at radius 2 is 2.16 bits per heavy atom. The molecule has 19 heavy (non-hydrogen) atoms. The molecule has 0 bridgehead atoms. The minimum atomic E-state index is -0.0757. The number of benzene rings is 1. The molecule has 1 N–H and O–H groups in total. The quantitative estimate of drug-likeness (QED) is 0.608. The van der Waals surface area contributed by atoms with Crippen LogP contribution >= 0.6 is 0 Å². The van der Waals surface area contributed by atoms with E-state index in [0.29, 0.717) is 5.57 Å². The van der Waals surface area contributed by atoms with Gasteiger partial charge in [0.25, 0.3) is 0 Å². The summed E-state index contributed by atoms with van der Waals surface area (Å²) in [7, 11) is 0. The standard InChI is InChI=1S/C17H19NO/c1-4-6-9-15(5-2)17(19)11-12-18-16-10-7-8-14(3)13-16/h4-13,18H,2H2,1,3H3/b6-4-,12-11-,15-9+. The van der Waals surface area contributed by atoms with E-state index in [0.717, 1.165) is 5.69 Å². The van der Waals surface area contributed by atoms with Crippen LogP contribution in [0.3, 0.4) is 0 Å². The zero-order chi connectivity index (χ0) is 14.1. The van der Waals surface area contributed by atoms with Crippen LogP contribution in [0.1, 0.15) is 12.5 Å². The van der Waals surface area contributed by atoms with Gasteiger partial charge in [0, 0.05) is 23.5 Å². The summed E-state index contributed by atoms with van der Waals surface area (Å²) in [5, 5.41) is 3.07. The minimum Gasteiger partial charge on any atom is -0.362 e. The molecular formula is C17H19NO. The van der Waals surface area contributed by atoms with Gasteiger partial charge in [-0.3, -0.25) is 4.79 Å². The third-order valence-electron chi connectivity index (χ3n) is 2.48. The Bertz CT molecular complexity index is 536. The molecule has 0 amide bonds. The second-order valence-corrected chi connectivity index (χ2v) is 4.06. The lowest BCUT2D eigenvalue weighted by atomic mass is 10.1. The summed E-state index contributed by atoms with van der Waals surface area (Å²) in [6.45, 7) is 7.56. The van der Waals surface area contributed by atoms with Gasteiger partial charge in [-0.2, -0.15) is 0 Å². The van der Waals surface area contributed by atoms with E-state index in [1.165, 1.54) is 11.6 Å². The van der Waals surface area contributed by atoms with Crippen LogP contribution in [0.5, 0.6) is 0 Å². The van der Waals surface area contributed by atoms with Crippen molar-refractivity contribution in [3.05, 3.63) is 78.6 Å². The second-order valence-electron chi connectivity index (χ2n) is 4.06. The topological polar surface area (TPSA) is 29.1 Å². The highest BCUT2D eigenvalue weighted by Gasteiger charge is 1.99. The molecule has 2 nitrogen and oxygen atoms in total. The van der Waals surface area contributed by atoms with Crippen molar-refractivity contribution in [2.24, 2.45) is 0 Å². The third kappa shape index (κ3) is 5.21. The number of hydrogen-bond acceptors (Lipinski definition) is 2. The number of carbonyl (C=O) groups is 1. The van der Waals surface area contributed by atoms with Crippen molar-refractivity contribution in [1.82, 2.24) is 0 Å². The fourth-order valence-corrected chi connectivity index (χ4v) is 1.50. The third-order valence-corrected chi connectivity index (χ3v) is 2.48. The molecule has 0 atom stereocenters. The van der Waals surface area contributed by atoms with Crippen LogP contribution in [-0.4, -0.2) is 5.78 Å². The fraction of sp³-hybridized carbons (Fsp3) is 0.118. The average molecular weight is 253 g/mol. The van der Waals surface area contributed by atoms with Crippen molar-refractivity contribution in [2.45, 2.75) is 13.8 Å². The molecule has 0 aliphatic rings. The summed E-state index contributed by atoms with van der Waals surface area (Å²) in [4.78, 5) is 11.8. The van der Waals surface area contributed by atoms with Crippen LogP contribution in [0.15, 0.2) is 73.0 Å². The highest BCUT2D eigenvalue weighted by Crippen LogP contribution is 2.09. The largest absolute Gasteiger partial charge is 0.362 e. The maximum Gasteiger partial charge on any atom is 0.187 e. The fourth-order valence-electron chi connectivity index (χ4n) is 1.50. The maximum absolute atomic E-state index is 11.8. The van der Waals surface area contributed by atoms with Crippen molar-refractivity contribution in [3.63, 3.8) is 0 Å². The number of carbonyl (C=O) groups excluding carboxylic acids is 1. The van der Waals surface area contributed by atoms with Crippen LogP contribution in [-0.2, 0) is 4.79 Å². The summed E-state index contributed by atoms with van der Waals surface area (Å²) in [6, 6.07) is 7.95. The zero-order valence-electron chi connectivity index (χ0n) is 11.4. The average Bonchev–Trinajstić information content (AvgIpc) is 2.39. The molecule has 0 spiro atoms. The molecule has 0 aromatic heterocycles. The van der Waals surface area contributed by atoms with Gasteiger partial charge in [0.05, 0.1) is 0 Å². The highest BCUT2D eigenvalue weighted by atomic mass is 16.1. The van der Waals surface area contributed by atoms with Crippen molar-refractivity contribution >= 4 is 11.5 Å². The zero-order valence-corrected chi connectivity index (χ0v) is 11.4. The predicted octanol–water partition coefficient (Wildman–Crippen LogP) is 4.18. The van der Waals surface area contributed by atoms with Crippen molar-refractivity contribution < 1.29 is 4.79 Å². The lowest BCUT2D eigenvalue weighted by molar-refractivity contribution is -0.111. The highest BCUT2D eigenvalue weighted by molar-refractivity contribution is 6.06. The van der Waals surface area contributed by atoms with Crippen molar-refractivity contribution in [2.75, 3.05) is 5.32 Å². The molecule has 0 heterocycles. The lowest BCUT2D eigenvalue weighted by Crippen LogP contribution is -1.97. The minimum absolute atomic E-state index is 0.0757. The molecule has 0 aliphatic carbocycles. The van der Waals surface area contributed by atoms with Gasteiger partial charge in [-0.05, 0) is 31.5 Å². The van der Waals surface area contributed by atoms with Gasteiger partial charge in [-0.15, -0.1) is 0 Å². The van der Waals surface area contributed by atoms with Crippen LogP contribution in [0.2, 0.25) is 0 Å². The Balaban J connectivity index is 2.66. The molecule has 0 saturated heterocycles. The van der Waals surface area contributed by atoms with Gasteiger partial charge in [0.1, 0.15) is 0 Å². The van der Waals surface area contributed by atoms with Crippen molar-refractivity contribution in [1.29, 1.82) is 0 Å². The normalized spacial score (nSPS) is 12.0. The molecule has 0 saturated carbocycles. The maximum atomic E-state index is 11.8. The van der Waals surface area contributed by atoms with Crippen LogP contribution in [0.4, 0.5) is 5.69 Å². The SMILES string of the molecule is C=C/C(=C\C=C/C)C(=O)/C=C\Nc1cccc(C)c1. The van der Waals surface area contributed by atoms with Crippen molar-refractivity contribution in [3.8, 4) is 0 Å². The number of anilines is 1. The van der Waals surface area contributed by atoms with Gasteiger partial charge in [0.15, 0.2) is 5.78 Å². The number of aryl methyl sites for hydroxylation is 1. The second kappa shape index (κ2) is 7.88. The van der Waals surface area contributed by atoms with E-state index >= 15 is 0 Å². The van der Waals surface area contributed by atoms with Gasteiger partial charge >= 0.3 is 0 Å². The molecule has 2 heteroatoms. The van der Waals surface area contributed by atoms with E-state index in [-0.39, 0.29) is 5.78 Å². The Hall–Kier alpha value is -2.35. The molecule has 1 aromatic rings. The van der Waals surface area contributed by atoms with E-state index < -0.39 is 0 Å². The molecule has 0 aliphatic heterocycles. The smallest absolute Gasteiger partial charge is 0.187 e. The molecule has 1 aromatic carbocycles. The summed E-state index contributed by atoms with van der Waals surface area (Å²) >= 11 is 0. The van der Waals surface area contributed by atoms with E-state index in [2.05, 4.69) is 11.9 Å². The molecular weight excluding hydrogens is 234 g/mol. The predicted molar refractivity (Wildman–Crippen MR) is 82.0 cm³/mol. The molecule has 0 fully saturated rings. The monoisotopic (exact) mass is 253 g/mol. The number of hydrogen-bond donors (Lipinski definition) is 1. The molecule has 98 valence electrons. The van der Waals surface area contributed by atoms with Gasteiger partial charge < -0.3 is 5.32 Å². The van der Waals surface area contributed by atoms with Gasteiger partial charge in [0.2, 0.25) is 0 Å². The molecule has 0 unspecified atom stereocenters. The number of rotatable bonds is 6. The van der Waals surface area contributed by atoms with E-state index in [1.54, 1.807) is 18.4 Å². The summed E-state index contributed by atoms with van der Waals surface area (Å²) < 4.78 is 0. The summed E-state index contributed by atoms with van der Waals surface area (Å²) in [6.07, 6.45) is 10.1. The summed E-state index contributed by atoms with van der Waals surface area (Å²) in [5.74, 6) is -0.0757. The number of nitrogens with one attached hydrogen (secondary N) is 1. The first-order valence-corrected chi connectivity index (χ1v) is 6.17. The number of ketones is 1.